The third-order valence-electron chi connectivity index (χ3n) is 2.69. The Kier molecular flexibility index (Phi) is 3.45. The highest BCUT2D eigenvalue weighted by molar-refractivity contribution is 6.33. The maximum Gasteiger partial charge on any atom is 0.157 e. The molecule has 3 aromatic rings. The summed E-state index contributed by atoms with van der Waals surface area (Å²) in [5.74, 6) is 0.605. The Labute approximate surface area is 116 Å². The Bertz CT molecular complexity index is 677. The van der Waals surface area contributed by atoms with Gasteiger partial charge in [-0.15, -0.1) is 12.4 Å². The molecule has 0 saturated carbocycles. The van der Waals surface area contributed by atoms with Crippen LogP contribution in [0.3, 0.4) is 0 Å². The van der Waals surface area contributed by atoms with Crippen LogP contribution >= 0.6 is 24.0 Å². The molecule has 0 bridgehead atoms. The van der Waals surface area contributed by atoms with Crippen molar-refractivity contribution in [1.82, 2.24) is 9.38 Å². The number of fused-ring (bicyclic) bond motifs is 1. The van der Waals surface area contributed by atoms with E-state index in [9.17, 15) is 0 Å². The Balaban J connectivity index is 0.00000120. The van der Waals surface area contributed by atoms with Gasteiger partial charge in [-0.1, -0.05) is 41.9 Å². The fraction of sp³-hybridized carbons (Fsp3) is 0. The molecule has 0 fully saturated rings. The second kappa shape index (κ2) is 4.88. The van der Waals surface area contributed by atoms with Crippen LogP contribution in [0.4, 0.5) is 5.82 Å². The number of aromatic nitrogens is 2. The van der Waals surface area contributed by atoms with Gasteiger partial charge in [0, 0.05) is 11.8 Å². The van der Waals surface area contributed by atoms with Crippen LogP contribution in [-0.4, -0.2) is 9.38 Å². The molecule has 0 amide bonds. The summed E-state index contributed by atoms with van der Waals surface area (Å²) < 4.78 is 1.80. The molecule has 5 heteroatoms. The summed E-state index contributed by atoms with van der Waals surface area (Å²) in [5.41, 5.74) is 8.52. The molecule has 0 aliphatic heterocycles. The standard InChI is InChI=1S/C13H10ClN3.ClH/c14-10-7-4-8-17-12(15)11(16-13(10)17)9-5-2-1-3-6-9;/h1-8H,15H2;1H. The summed E-state index contributed by atoms with van der Waals surface area (Å²) in [4.78, 5) is 4.49. The van der Waals surface area contributed by atoms with Gasteiger partial charge in [-0.2, -0.15) is 0 Å². The molecule has 0 radical (unpaired) electrons. The van der Waals surface area contributed by atoms with Crippen molar-refractivity contribution in [3.05, 3.63) is 53.7 Å². The minimum atomic E-state index is 0. The van der Waals surface area contributed by atoms with E-state index < -0.39 is 0 Å². The van der Waals surface area contributed by atoms with Crippen molar-refractivity contribution in [3.63, 3.8) is 0 Å². The summed E-state index contributed by atoms with van der Waals surface area (Å²) in [7, 11) is 0. The lowest BCUT2D eigenvalue weighted by Gasteiger charge is -1.98. The van der Waals surface area contributed by atoms with Gasteiger partial charge in [0.15, 0.2) is 5.65 Å². The second-order valence-electron chi connectivity index (χ2n) is 3.76. The lowest BCUT2D eigenvalue weighted by atomic mass is 10.1. The van der Waals surface area contributed by atoms with Crippen LogP contribution in [-0.2, 0) is 0 Å². The van der Waals surface area contributed by atoms with Gasteiger partial charge in [-0.25, -0.2) is 4.98 Å². The smallest absolute Gasteiger partial charge is 0.157 e. The Morgan fingerprint density at radius 1 is 1.06 bits per heavy atom. The van der Waals surface area contributed by atoms with Gasteiger partial charge in [0.25, 0.3) is 0 Å². The number of anilines is 1. The molecule has 0 aliphatic rings. The van der Waals surface area contributed by atoms with Crippen LogP contribution in [0.1, 0.15) is 0 Å². The van der Waals surface area contributed by atoms with Gasteiger partial charge in [-0.3, -0.25) is 4.40 Å². The van der Waals surface area contributed by atoms with E-state index in [1.54, 1.807) is 10.5 Å². The zero-order valence-corrected chi connectivity index (χ0v) is 10.9. The monoisotopic (exact) mass is 279 g/mol. The van der Waals surface area contributed by atoms with E-state index in [2.05, 4.69) is 4.98 Å². The third-order valence-corrected chi connectivity index (χ3v) is 2.98. The number of hydrogen-bond acceptors (Lipinski definition) is 2. The zero-order valence-electron chi connectivity index (χ0n) is 9.38. The van der Waals surface area contributed by atoms with Gasteiger partial charge >= 0.3 is 0 Å². The maximum atomic E-state index is 6.09. The van der Waals surface area contributed by atoms with E-state index in [-0.39, 0.29) is 12.4 Å². The lowest BCUT2D eigenvalue weighted by Crippen LogP contribution is -1.93. The summed E-state index contributed by atoms with van der Waals surface area (Å²) >= 11 is 6.09. The third kappa shape index (κ3) is 1.92. The fourth-order valence-electron chi connectivity index (χ4n) is 1.86. The normalized spacial score (nSPS) is 10.3. The van der Waals surface area contributed by atoms with E-state index in [4.69, 9.17) is 17.3 Å². The fourth-order valence-corrected chi connectivity index (χ4v) is 2.07. The molecule has 2 aromatic heterocycles. The topological polar surface area (TPSA) is 43.3 Å². The molecule has 0 unspecified atom stereocenters. The molecule has 0 saturated heterocycles. The molecule has 1 aromatic carbocycles. The van der Waals surface area contributed by atoms with Crippen LogP contribution in [0, 0.1) is 0 Å². The van der Waals surface area contributed by atoms with Crippen molar-refractivity contribution in [2.24, 2.45) is 0 Å². The molecule has 0 aliphatic carbocycles. The maximum absolute atomic E-state index is 6.09. The highest BCUT2D eigenvalue weighted by Gasteiger charge is 2.12. The molecule has 18 heavy (non-hydrogen) atoms. The lowest BCUT2D eigenvalue weighted by molar-refractivity contribution is 1.20. The summed E-state index contributed by atoms with van der Waals surface area (Å²) in [5, 5.41) is 0.599. The number of nitrogens with two attached hydrogens (primary N) is 1. The van der Waals surface area contributed by atoms with Gasteiger partial charge in [0.1, 0.15) is 11.5 Å². The number of nitrogen functional groups attached to an aromatic ring is 1. The molecule has 2 N–H and O–H groups in total. The van der Waals surface area contributed by atoms with Crippen molar-refractivity contribution in [3.8, 4) is 11.3 Å². The second-order valence-corrected chi connectivity index (χ2v) is 4.17. The number of imidazole rings is 1. The van der Waals surface area contributed by atoms with E-state index in [1.165, 1.54) is 0 Å². The minimum absolute atomic E-state index is 0. The van der Waals surface area contributed by atoms with Crippen LogP contribution < -0.4 is 5.73 Å². The largest absolute Gasteiger partial charge is 0.383 e. The quantitative estimate of drug-likeness (QED) is 0.739. The molecular weight excluding hydrogens is 269 g/mol. The summed E-state index contributed by atoms with van der Waals surface area (Å²) in [6, 6.07) is 13.5. The summed E-state index contributed by atoms with van der Waals surface area (Å²) in [6.07, 6.45) is 1.86. The van der Waals surface area contributed by atoms with Crippen LogP contribution in [0.15, 0.2) is 48.7 Å². The predicted molar refractivity (Wildman–Crippen MR) is 77.3 cm³/mol. The first-order chi connectivity index (χ1) is 8.27. The highest BCUT2D eigenvalue weighted by atomic mass is 35.5. The van der Waals surface area contributed by atoms with E-state index >= 15 is 0 Å². The van der Waals surface area contributed by atoms with Crippen molar-refractivity contribution >= 4 is 35.5 Å². The predicted octanol–water partition coefficient (Wildman–Crippen LogP) is 3.66. The average Bonchev–Trinajstić information content (AvgIpc) is 2.70. The highest BCUT2D eigenvalue weighted by Crippen LogP contribution is 2.28. The van der Waals surface area contributed by atoms with Gasteiger partial charge in [-0.05, 0) is 12.1 Å². The minimum Gasteiger partial charge on any atom is -0.383 e. The van der Waals surface area contributed by atoms with Crippen LogP contribution in [0.25, 0.3) is 16.9 Å². The Hall–Kier alpha value is -1.71. The van der Waals surface area contributed by atoms with Crippen LogP contribution in [0.5, 0.6) is 0 Å². The molecular formula is C13H11Cl2N3. The molecule has 3 nitrogen and oxygen atoms in total. The van der Waals surface area contributed by atoms with Gasteiger partial charge < -0.3 is 5.73 Å². The van der Waals surface area contributed by atoms with E-state index in [1.807, 2.05) is 42.6 Å². The van der Waals surface area contributed by atoms with Crippen molar-refractivity contribution < 1.29 is 0 Å². The van der Waals surface area contributed by atoms with Crippen molar-refractivity contribution in [2.45, 2.75) is 0 Å². The molecule has 2 heterocycles. The molecule has 0 spiro atoms. The summed E-state index contributed by atoms with van der Waals surface area (Å²) in [6.45, 7) is 0. The zero-order chi connectivity index (χ0) is 11.8. The first kappa shape index (κ1) is 12.7. The number of hydrogen-bond donors (Lipinski definition) is 1. The van der Waals surface area contributed by atoms with E-state index in [0.29, 0.717) is 16.5 Å². The molecule has 92 valence electrons. The number of benzene rings is 1. The number of halogens is 2. The first-order valence-electron chi connectivity index (χ1n) is 5.25. The Morgan fingerprint density at radius 2 is 1.78 bits per heavy atom. The van der Waals surface area contributed by atoms with Crippen LogP contribution in [0.2, 0.25) is 5.02 Å². The van der Waals surface area contributed by atoms with E-state index in [0.717, 1.165) is 11.3 Å². The number of nitrogens with zero attached hydrogens (tertiary/aromatic N) is 2. The van der Waals surface area contributed by atoms with Crippen molar-refractivity contribution in [1.29, 1.82) is 0 Å². The SMILES string of the molecule is Cl.Nc1c(-c2ccccc2)nc2c(Cl)cccn12. The number of rotatable bonds is 1. The first-order valence-corrected chi connectivity index (χ1v) is 5.62. The van der Waals surface area contributed by atoms with Gasteiger partial charge in [0.05, 0.1) is 5.02 Å². The van der Waals surface area contributed by atoms with Crippen molar-refractivity contribution in [2.75, 3.05) is 5.73 Å². The van der Waals surface area contributed by atoms with Gasteiger partial charge in [0.2, 0.25) is 0 Å². The molecule has 3 rings (SSSR count). The average molecular weight is 280 g/mol. The Morgan fingerprint density at radius 3 is 2.44 bits per heavy atom. The number of pyridine rings is 1. The molecule has 0 atom stereocenters.